The summed E-state index contributed by atoms with van der Waals surface area (Å²) in [6.45, 7) is 2.72. The van der Waals surface area contributed by atoms with Gasteiger partial charge in [-0.05, 0) is 36.8 Å². The lowest BCUT2D eigenvalue weighted by atomic mass is 10.1. The number of carbonyl (C=O) groups excluding carboxylic acids is 1. The quantitative estimate of drug-likeness (QED) is 0.903. The molecule has 0 radical (unpaired) electrons. The van der Waals surface area contributed by atoms with E-state index in [9.17, 15) is 4.79 Å². The average molecular weight is 295 g/mol. The Labute approximate surface area is 121 Å². The van der Waals surface area contributed by atoms with E-state index in [0.717, 1.165) is 20.5 Å². The Morgan fingerprint density at radius 1 is 1.32 bits per heavy atom. The van der Waals surface area contributed by atoms with Crippen LogP contribution in [-0.2, 0) is 6.54 Å². The predicted molar refractivity (Wildman–Crippen MR) is 81.2 cm³/mol. The maximum atomic E-state index is 11.6. The van der Waals surface area contributed by atoms with E-state index >= 15 is 0 Å². The van der Waals surface area contributed by atoms with E-state index in [4.69, 9.17) is 11.6 Å². The Morgan fingerprint density at radius 3 is 2.74 bits per heavy atom. The fraction of sp³-hybridized carbons (Fsp3) is 0.214. The number of carbonyl (C=O) groups is 1. The van der Waals surface area contributed by atoms with Crippen LogP contribution in [-0.4, -0.2) is 13.0 Å². The van der Waals surface area contributed by atoms with Crippen LogP contribution in [0.5, 0.6) is 0 Å². The zero-order chi connectivity index (χ0) is 13.8. The Bertz CT molecular complexity index is 595. The van der Waals surface area contributed by atoms with Crippen LogP contribution in [0, 0.1) is 6.92 Å². The van der Waals surface area contributed by atoms with Crippen LogP contribution in [0.15, 0.2) is 30.3 Å². The highest BCUT2D eigenvalue weighted by atomic mass is 35.5. The van der Waals surface area contributed by atoms with Gasteiger partial charge in [0.15, 0.2) is 0 Å². The van der Waals surface area contributed by atoms with Crippen molar-refractivity contribution in [3.05, 3.63) is 50.7 Å². The zero-order valence-electron chi connectivity index (χ0n) is 10.8. The number of hydrogen-bond acceptors (Lipinski definition) is 3. The molecule has 0 aliphatic rings. The molecule has 0 bridgehead atoms. The van der Waals surface area contributed by atoms with Gasteiger partial charge < -0.3 is 10.6 Å². The van der Waals surface area contributed by atoms with Crippen molar-refractivity contribution in [2.75, 3.05) is 12.4 Å². The minimum absolute atomic E-state index is 0.0813. The Hall–Kier alpha value is -1.52. The molecule has 0 aliphatic heterocycles. The van der Waals surface area contributed by atoms with Crippen molar-refractivity contribution in [1.82, 2.24) is 5.32 Å². The molecule has 0 spiro atoms. The molecule has 1 amide bonds. The van der Waals surface area contributed by atoms with E-state index in [1.807, 2.05) is 37.3 Å². The van der Waals surface area contributed by atoms with E-state index < -0.39 is 0 Å². The fourth-order valence-corrected chi connectivity index (χ4v) is 2.75. The van der Waals surface area contributed by atoms with E-state index in [1.54, 1.807) is 18.4 Å². The van der Waals surface area contributed by atoms with E-state index in [1.165, 1.54) is 0 Å². The van der Waals surface area contributed by atoms with E-state index in [-0.39, 0.29) is 5.91 Å². The molecule has 100 valence electrons. The van der Waals surface area contributed by atoms with Gasteiger partial charge in [-0.2, -0.15) is 0 Å². The third-order valence-electron chi connectivity index (χ3n) is 2.81. The second-order valence-corrected chi connectivity index (χ2v) is 5.97. The number of benzene rings is 1. The molecule has 1 aromatic heterocycles. The van der Waals surface area contributed by atoms with E-state index in [2.05, 4.69) is 10.6 Å². The Balaban J connectivity index is 2.12. The molecule has 0 saturated carbocycles. The minimum Gasteiger partial charge on any atom is -0.380 e. The highest BCUT2D eigenvalue weighted by molar-refractivity contribution is 7.16. The van der Waals surface area contributed by atoms with Crippen molar-refractivity contribution in [3.63, 3.8) is 0 Å². The summed E-state index contributed by atoms with van der Waals surface area (Å²) in [4.78, 5) is 12.8. The smallest absolute Gasteiger partial charge is 0.251 e. The molecule has 5 heteroatoms. The molecule has 0 aliphatic carbocycles. The topological polar surface area (TPSA) is 41.1 Å². The van der Waals surface area contributed by atoms with Gasteiger partial charge in [-0.1, -0.05) is 17.7 Å². The molecule has 0 atom stereocenters. The summed E-state index contributed by atoms with van der Waals surface area (Å²) in [6.07, 6.45) is 0. The van der Waals surface area contributed by atoms with Gasteiger partial charge in [-0.3, -0.25) is 4.79 Å². The first-order valence-electron chi connectivity index (χ1n) is 5.91. The summed E-state index contributed by atoms with van der Waals surface area (Å²) in [5.74, 6) is -0.0813. The van der Waals surface area contributed by atoms with Crippen molar-refractivity contribution in [1.29, 1.82) is 0 Å². The monoisotopic (exact) mass is 294 g/mol. The van der Waals surface area contributed by atoms with Crippen LogP contribution in [0.2, 0.25) is 4.34 Å². The highest BCUT2D eigenvalue weighted by Gasteiger charge is 2.06. The number of nitrogens with one attached hydrogen (secondary N) is 2. The lowest BCUT2D eigenvalue weighted by Crippen LogP contribution is -2.18. The summed E-state index contributed by atoms with van der Waals surface area (Å²) < 4.78 is 0.785. The Kier molecular flexibility index (Phi) is 4.45. The van der Waals surface area contributed by atoms with Crippen LogP contribution in [0.3, 0.4) is 0 Å². The van der Waals surface area contributed by atoms with Crippen molar-refractivity contribution < 1.29 is 4.79 Å². The van der Waals surface area contributed by atoms with E-state index in [0.29, 0.717) is 12.1 Å². The van der Waals surface area contributed by atoms with Gasteiger partial charge in [0.25, 0.3) is 5.91 Å². The van der Waals surface area contributed by atoms with Crippen LogP contribution in [0.25, 0.3) is 0 Å². The Morgan fingerprint density at radius 2 is 2.11 bits per heavy atom. The highest BCUT2D eigenvalue weighted by Crippen LogP contribution is 2.23. The van der Waals surface area contributed by atoms with Gasteiger partial charge in [0.2, 0.25) is 0 Å². The summed E-state index contributed by atoms with van der Waals surface area (Å²) in [6, 6.07) is 9.51. The number of hydrogen-bond donors (Lipinski definition) is 2. The molecule has 1 heterocycles. The van der Waals surface area contributed by atoms with Gasteiger partial charge in [-0.25, -0.2) is 0 Å². The normalized spacial score (nSPS) is 10.3. The average Bonchev–Trinajstić information content (AvgIpc) is 2.82. The molecule has 0 fully saturated rings. The third-order valence-corrected chi connectivity index (χ3v) is 4.04. The largest absolute Gasteiger partial charge is 0.380 e. The van der Waals surface area contributed by atoms with Gasteiger partial charge in [0.1, 0.15) is 0 Å². The molecular formula is C14H15ClN2OS. The molecule has 0 unspecified atom stereocenters. The molecule has 1 aromatic carbocycles. The lowest BCUT2D eigenvalue weighted by Gasteiger charge is -2.10. The predicted octanol–water partition coefficient (Wildman–Crippen LogP) is 3.68. The molecule has 19 heavy (non-hydrogen) atoms. The molecule has 2 aromatic rings. The summed E-state index contributed by atoms with van der Waals surface area (Å²) in [5.41, 5.74) is 2.72. The number of halogens is 1. The van der Waals surface area contributed by atoms with Crippen LogP contribution in [0.4, 0.5) is 5.69 Å². The summed E-state index contributed by atoms with van der Waals surface area (Å²) in [7, 11) is 1.63. The maximum Gasteiger partial charge on any atom is 0.251 e. The van der Waals surface area contributed by atoms with Gasteiger partial charge in [0, 0.05) is 29.7 Å². The first-order valence-corrected chi connectivity index (χ1v) is 7.10. The number of rotatable bonds is 4. The molecule has 3 nitrogen and oxygen atoms in total. The summed E-state index contributed by atoms with van der Waals surface area (Å²) in [5, 5.41) is 5.96. The van der Waals surface area contributed by atoms with Crippen LogP contribution in [0.1, 0.15) is 20.8 Å². The number of amides is 1. The second-order valence-electron chi connectivity index (χ2n) is 4.17. The van der Waals surface area contributed by atoms with Gasteiger partial charge in [0.05, 0.1) is 4.34 Å². The zero-order valence-corrected chi connectivity index (χ0v) is 12.4. The van der Waals surface area contributed by atoms with Crippen molar-refractivity contribution in [2.24, 2.45) is 0 Å². The fourth-order valence-electron chi connectivity index (χ4n) is 1.73. The molecule has 0 saturated heterocycles. The minimum atomic E-state index is -0.0813. The first-order chi connectivity index (χ1) is 9.10. The summed E-state index contributed by atoms with van der Waals surface area (Å²) >= 11 is 7.45. The molecule has 2 rings (SSSR count). The van der Waals surface area contributed by atoms with Crippen LogP contribution >= 0.6 is 22.9 Å². The van der Waals surface area contributed by atoms with Crippen LogP contribution < -0.4 is 10.6 Å². The van der Waals surface area contributed by atoms with Gasteiger partial charge >= 0.3 is 0 Å². The molecule has 2 N–H and O–H groups in total. The SMILES string of the molecule is CNC(=O)c1ccc(C)c(NCc2ccc(Cl)s2)c1. The number of aryl methyl sites for hydroxylation is 1. The standard InChI is InChI=1S/C14H15ClN2OS/c1-9-3-4-10(14(18)16-2)7-12(9)17-8-11-5-6-13(15)19-11/h3-7,17H,8H2,1-2H3,(H,16,18). The van der Waals surface area contributed by atoms with Crippen molar-refractivity contribution >= 4 is 34.5 Å². The molecular weight excluding hydrogens is 280 g/mol. The second kappa shape index (κ2) is 6.08. The van der Waals surface area contributed by atoms with Crippen molar-refractivity contribution in [3.8, 4) is 0 Å². The van der Waals surface area contributed by atoms with Crippen molar-refractivity contribution in [2.45, 2.75) is 13.5 Å². The van der Waals surface area contributed by atoms with Gasteiger partial charge in [-0.15, -0.1) is 11.3 Å². The maximum absolute atomic E-state index is 11.6. The lowest BCUT2D eigenvalue weighted by molar-refractivity contribution is 0.0963. The number of anilines is 1. The number of thiophene rings is 1. The third kappa shape index (κ3) is 3.49. The first kappa shape index (κ1) is 13.9.